The summed E-state index contributed by atoms with van der Waals surface area (Å²) in [5.41, 5.74) is 9.45. The Morgan fingerprint density at radius 1 is 0.964 bits per heavy atom. The van der Waals surface area contributed by atoms with E-state index in [0.717, 1.165) is 16.8 Å². The zero-order valence-corrected chi connectivity index (χ0v) is 15.6. The average Bonchev–Trinajstić information content (AvgIpc) is 2.74. The standard InChI is InChI=1S/C22H22N4O2/c1-2-20(27)24-14-15-8-10-17(11-9-15)22(28)26-21-18(23)12-13-19(25-21)16-6-4-3-5-7-16/h3-13H,2,14,23H2,1H3,(H,24,27)(H,25,26,28). The lowest BCUT2D eigenvalue weighted by molar-refractivity contribution is -0.120. The zero-order valence-electron chi connectivity index (χ0n) is 15.6. The van der Waals surface area contributed by atoms with Crippen LogP contribution in [0.4, 0.5) is 11.5 Å². The molecule has 1 aromatic heterocycles. The Labute approximate surface area is 163 Å². The Bertz CT molecular complexity index is 970. The lowest BCUT2D eigenvalue weighted by Crippen LogP contribution is -2.21. The number of amides is 2. The second kappa shape index (κ2) is 8.81. The Kier molecular flexibility index (Phi) is 6.01. The maximum Gasteiger partial charge on any atom is 0.256 e. The number of hydrogen-bond donors (Lipinski definition) is 3. The number of nitrogens with one attached hydrogen (secondary N) is 2. The van der Waals surface area contributed by atoms with Crippen LogP contribution in [0.25, 0.3) is 11.3 Å². The smallest absolute Gasteiger partial charge is 0.256 e. The molecule has 0 atom stereocenters. The summed E-state index contributed by atoms with van der Waals surface area (Å²) < 4.78 is 0. The highest BCUT2D eigenvalue weighted by atomic mass is 16.2. The third kappa shape index (κ3) is 4.73. The fourth-order valence-corrected chi connectivity index (χ4v) is 2.62. The van der Waals surface area contributed by atoms with Crippen molar-refractivity contribution in [2.75, 3.05) is 11.1 Å². The number of carbonyl (C=O) groups is 2. The normalized spacial score (nSPS) is 10.3. The van der Waals surface area contributed by atoms with E-state index in [2.05, 4.69) is 15.6 Å². The van der Waals surface area contributed by atoms with Crippen molar-refractivity contribution in [2.24, 2.45) is 0 Å². The minimum Gasteiger partial charge on any atom is -0.396 e. The second-order valence-corrected chi connectivity index (χ2v) is 6.28. The maximum atomic E-state index is 12.6. The zero-order chi connectivity index (χ0) is 19.9. The molecular weight excluding hydrogens is 352 g/mol. The van der Waals surface area contributed by atoms with Crippen LogP contribution in [0.2, 0.25) is 0 Å². The van der Waals surface area contributed by atoms with Crippen LogP contribution in [0.15, 0.2) is 66.7 Å². The molecule has 3 aromatic rings. The van der Waals surface area contributed by atoms with E-state index in [1.165, 1.54) is 0 Å². The molecule has 0 saturated carbocycles. The minimum absolute atomic E-state index is 0.0123. The van der Waals surface area contributed by atoms with Crippen LogP contribution in [0.1, 0.15) is 29.3 Å². The SMILES string of the molecule is CCC(=O)NCc1ccc(C(=O)Nc2nc(-c3ccccc3)ccc2N)cc1. The van der Waals surface area contributed by atoms with E-state index in [0.29, 0.717) is 30.0 Å². The first-order valence-electron chi connectivity index (χ1n) is 9.05. The van der Waals surface area contributed by atoms with Crippen LogP contribution in [-0.4, -0.2) is 16.8 Å². The van der Waals surface area contributed by atoms with Crippen molar-refractivity contribution in [3.63, 3.8) is 0 Å². The van der Waals surface area contributed by atoms with E-state index in [1.54, 1.807) is 25.1 Å². The average molecular weight is 374 g/mol. The molecule has 3 rings (SSSR count). The third-order valence-corrected chi connectivity index (χ3v) is 4.25. The molecule has 0 saturated heterocycles. The van der Waals surface area contributed by atoms with Crippen molar-refractivity contribution in [1.82, 2.24) is 10.3 Å². The lowest BCUT2D eigenvalue weighted by atomic mass is 10.1. The van der Waals surface area contributed by atoms with Crippen LogP contribution in [0.5, 0.6) is 0 Å². The highest BCUT2D eigenvalue weighted by Gasteiger charge is 2.11. The van der Waals surface area contributed by atoms with E-state index >= 15 is 0 Å². The summed E-state index contributed by atoms with van der Waals surface area (Å²) >= 11 is 0. The molecule has 0 radical (unpaired) electrons. The fraction of sp³-hybridized carbons (Fsp3) is 0.136. The molecule has 2 amide bonds. The largest absolute Gasteiger partial charge is 0.396 e. The van der Waals surface area contributed by atoms with Crippen LogP contribution in [0, 0.1) is 0 Å². The fourth-order valence-electron chi connectivity index (χ4n) is 2.62. The quantitative estimate of drug-likeness (QED) is 0.614. The van der Waals surface area contributed by atoms with Crippen molar-refractivity contribution in [2.45, 2.75) is 19.9 Å². The van der Waals surface area contributed by atoms with Gasteiger partial charge in [0.2, 0.25) is 5.91 Å². The number of anilines is 2. The van der Waals surface area contributed by atoms with Gasteiger partial charge in [-0.3, -0.25) is 9.59 Å². The second-order valence-electron chi connectivity index (χ2n) is 6.28. The number of benzene rings is 2. The molecule has 0 fully saturated rings. The molecule has 6 nitrogen and oxygen atoms in total. The van der Waals surface area contributed by atoms with Crippen molar-refractivity contribution < 1.29 is 9.59 Å². The molecule has 142 valence electrons. The molecule has 28 heavy (non-hydrogen) atoms. The number of nitrogens with zero attached hydrogens (tertiary/aromatic N) is 1. The summed E-state index contributed by atoms with van der Waals surface area (Å²) in [4.78, 5) is 28.4. The van der Waals surface area contributed by atoms with Crippen LogP contribution >= 0.6 is 0 Å². The van der Waals surface area contributed by atoms with E-state index in [4.69, 9.17) is 5.73 Å². The van der Waals surface area contributed by atoms with Gasteiger partial charge in [0, 0.05) is 24.1 Å². The molecule has 2 aromatic carbocycles. The van der Waals surface area contributed by atoms with Crippen LogP contribution in [-0.2, 0) is 11.3 Å². The Hall–Kier alpha value is -3.67. The first-order valence-corrected chi connectivity index (χ1v) is 9.05. The maximum absolute atomic E-state index is 12.6. The van der Waals surface area contributed by atoms with Crippen molar-refractivity contribution in [3.8, 4) is 11.3 Å². The number of nitrogens with two attached hydrogens (primary N) is 1. The van der Waals surface area contributed by atoms with Gasteiger partial charge < -0.3 is 16.4 Å². The Morgan fingerprint density at radius 2 is 1.68 bits per heavy atom. The summed E-state index contributed by atoms with van der Waals surface area (Å²) in [5, 5.41) is 5.57. The monoisotopic (exact) mass is 374 g/mol. The Balaban J connectivity index is 1.71. The van der Waals surface area contributed by atoms with Gasteiger partial charge in [-0.1, -0.05) is 49.4 Å². The highest BCUT2D eigenvalue weighted by Crippen LogP contribution is 2.23. The summed E-state index contributed by atoms with van der Waals surface area (Å²) in [6.45, 7) is 2.23. The number of carbonyl (C=O) groups excluding carboxylic acids is 2. The number of aromatic nitrogens is 1. The molecule has 0 spiro atoms. The van der Waals surface area contributed by atoms with E-state index in [9.17, 15) is 9.59 Å². The number of nitrogen functional groups attached to an aromatic ring is 1. The van der Waals surface area contributed by atoms with Gasteiger partial charge in [0.15, 0.2) is 5.82 Å². The van der Waals surface area contributed by atoms with Crippen molar-refractivity contribution in [1.29, 1.82) is 0 Å². The molecule has 4 N–H and O–H groups in total. The summed E-state index contributed by atoms with van der Waals surface area (Å²) in [6.07, 6.45) is 0.441. The van der Waals surface area contributed by atoms with Gasteiger partial charge in [-0.15, -0.1) is 0 Å². The predicted octanol–water partition coefficient (Wildman–Crippen LogP) is 3.61. The molecule has 0 aliphatic rings. The van der Waals surface area contributed by atoms with Gasteiger partial charge in [0.05, 0.1) is 11.4 Å². The van der Waals surface area contributed by atoms with Crippen LogP contribution in [0.3, 0.4) is 0 Å². The number of rotatable bonds is 6. The molecular formula is C22H22N4O2. The van der Waals surface area contributed by atoms with Gasteiger partial charge >= 0.3 is 0 Å². The third-order valence-electron chi connectivity index (χ3n) is 4.25. The number of pyridine rings is 1. The van der Waals surface area contributed by atoms with Gasteiger partial charge in [-0.25, -0.2) is 4.98 Å². The Morgan fingerprint density at radius 3 is 2.36 bits per heavy atom. The minimum atomic E-state index is -0.298. The molecule has 0 aliphatic heterocycles. The highest BCUT2D eigenvalue weighted by molar-refractivity contribution is 6.05. The van der Waals surface area contributed by atoms with E-state index in [-0.39, 0.29) is 11.8 Å². The summed E-state index contributed by atoms with van der Waals surface area (Å²) in [7, 11) is 0. The van der Waals surface area contributed by atoms with Gasteiger partial charge in [-0.2, -0.15) is 0 Å². The molecule has 6 heteroatoms. The number of hydrogen-bond acceptors (Lipinski definition) is 4. The predicted molar refractivity (Wildman–Crippen MR) is 111 cm³/mol. The lowest BCUT2D eigenvalue weighted by Gasteiger charge is -2.10. The molecule has 0 bridgehead atoms. The molecule has 1 heterocycles. The molecule has 0 unspecified atom stereocenters. The first-order chi connectivity index (χ1) is 13.6. The van der Waals surface area contributed by atoms with Gasteiger partial charge in [0.25, 0.3) is 5.91 Å². The topological polar surface area (TPSA) is 97.1 Å². The summed E-state index contributed by atoms with van der Waals surface area (Å²) in [6, 6.07) is 20.3. The van der Waals surface area contributed by atoms with Crippen molar-refractivity contribution >= 4 is 23.3 Å². The molecule has 0 aliphatic carbocycles. The van der Waals surface area contributed by atoms with Crippen LogP contribution < -0.4 is 16.4 Å². The van der Waals surface area contributed by atoms with E-state index < -0.39 is 0 Å². The van der Waals surface area contributed by atoms with Gasteiger partial charge in [0.1, 0.15) is 0 Å². The summed E-state index contributed by atoms with van der Waals surface area (Å²) in [5.74, 6) is 0.0147. The van der Waals surface area contributed by atoms with E-state index in [1.807, 2.05) is 48.5 Å². The van der Waals surface area contributed by atoms with Gasteiger partial charge in [-0.05, 0) is 29.8 Å². The first kappa shape index (κ1) is 19.1. The van der Waals surface area contributed by atoms with Crippen molar-refractivity contribution in [3.05, 3.63) is 77.9 Å².